The summed E-state index contributed by atoms with van der Waals surface area (Å²) in [6, 6.07) is 4.71. The minimum absolute atomic E-state index is 0.290. The van der Waals surface area contributed by atoms with Crippen LogP contribution in [0.15, 0.2) is 30.9 Å². The number of hydrogen-bond acceptors (Lipinski definition) is 4. The molecule has 0 aliphatic rings. The van der Waals surface area contributed by atoms with Crippen LogP contribution in [-0.2, 0) is 13.2 Å². The lowest BCUT2D eigenvalue weighted by molar-refractivity contribution is -0.917. The van der Waals surface area contributed by atoms with Crippen molar-refractivity contribution in [3.05, 3.63) is 51.2 Å². The van der Waals surface area contributed by atoms with E-state index < -0.39 is 0 Å². The van der Waals surface area contributed by atoms with Crippen LogP contribution in [0.4, 0.5) is 9.52 Å². The Hall–Kier alpha value is -1.28. The van der Waals surface area contributed by atoms with Gasteiger partial charge in [-0.1, -0.05) is 35.1 Å². The lowest BCUT2D eigenvalue weighted by Gasteiger charge is -2.15. The lowest BCUT2D eigenvalue weighted by atomic mass is 10.2. The fourth-order valence-electron chi connectivity index (χ4n) is 1.95. The number of halogens is 2. The number of nitrogens with zero attached hydrogens (tertiary/aromatic N) is 2. The molecule has 0 aliphatic carbocycles. The van der Waals surface area contributed by atoms with Crippen molar-refractivity contribution >= 4 is 40.3 Å². The summed E-state index contributed by atoms with van der Waals surface area (Å²) in [5.41, 5.74) is 0.508. The average Bonchev–Trinajstić information content (AvgIpc) is 2.81. The molecule has 1 heterocycles. The molecule has 0 aliphatic heterocycles. The van der Waals surface area contributed by atoms with Gasteiger partial charge in [0, 0.05) is 6.54 Å². The maximum Gasteiger partial charge on any atom is 0.205 e. The van der Waals surface area contributed by atoms with E-state index in [1.165, 1.54) is 17.4 Å². The summed E-state index contributed by atoms with van der Waals surface area (Å²) < 4.78 is 16.2. The van der Waals surface area contributed by atoms with Gasteiger partial charge in [0.15, 0.2) is 10.6 Å². The van der Waals surface area contributed by atoms with E-state index in [1.807, 2.05) is 7.05 Å². The van der Waals surface area contributed by atoms with E-state index in [4.69, 9.17) is 23.8 Å². The second-order valence-electron chi connectivity index (χ2n) is 4.83. The van der Waals surface area contributed by atoms with Crippen LogP contribution in [0.2, 0.25) is 5.02 Å². The van der Waals surface area contributed by atoms with Gasteiger partial charge in [-0.25, -0.2) is 4.39 Å². The van der Waals surface area contributed by atoms with Crippen LogP contribution in [0.3, 0.4) is 0 Å². The van der Waals surface area contributed by atoms with E-state index in [2.05, 4.69) is 17.0 Å². The Labute approximate surface area is 142 Å². The maximum absolute atomic E-state index is 13.8. The number of rotatable bonds is 7. The number of anilines is 1. The number of benzene rings is 1. The zero-order chi connectivity index (χ0) is 16.1. The van der Waals surface area contributed by atoms with Crippen molar-refractivity contribution < 1.29 is 9.29 Å². The van der Waals surface area contributed by atoms with Gasteiger partial charge in [0.25, 0.3) is 0 Å². The van der Waals surface area contributed by atoms with E-state index in [9.17, 15) is 4.39 Å². The Morgan fingerprint density at radius 3 is 3.05 bits per heavy atom. The van der Waals surface area contributed by atoms with Gasteiger partial charge < -0.3 is 10.2 Å². The molecule has 0 amide bonds. The van der Waals surface area contributed by atoms with Crippen LogP contribution < -0.4 is 10.2 Å². The van der Waals surface area contributed by atoms with Crippen molar-refractivity contribution in [1.82, 2.24) is 9.78 Å². The molecule has 1 aromatic heterocycles. The SMILES string of the molecule is C=CCNc1nn(C[NH+](C)Cc2c(F)cccc2Cl)c(=S)s1. The molecule has 0 bridgehead atoms. The summed E-state index contributed by atoms with van der Waals surface area (Å²) in [4.78, 5) is 1.03. The Morgan fingerprint density at radius 2 is 2.36 bits per heavy atom. The second kappa shape index (κ2) is 7.82. The van der Waals surface area contributed by atoms with Gasteiger partial charge in [0.05, 0.1) is 17.6 Å². The van der Waals surface area contributed by atoms with E-state index in [-0.39, 0.29) is 5.82 Å². The van der Waals surface area contributed by atoms with Crippen LogP contribution in [0.5, 0.6) is 0 Å². The van der Waals surface area contributed by atoms with Gasteiger partial charge in [-0.2, -0.15) is 4.68 Å². The Balaban J connectivity index is 2.06. The lowest BCUT2D eigenvalue weighted by Crippen LogP contribution is -3.07. The van der Waals surface area contributed by atoms with Gasteiger partial charge in [-0.3, -0.25) is 0 Å². The van der Waals surface area contributed by atoms with Gasteiger partial charge in [-0.05, 0) is 24.4 Å². The highest BCUT2D eigenvalue weighted by Crippen LogP contribution is 2.18. The quantitative estimate of drug-likeness (QED) is 0.589. The summed E-state index contributed by atoms with van der Waals surface area (Å²) in [7, 11) is 1.95. The summed E-state index contributed by atoms with van der Waals surface area (Å²) in [6.45, 7) is 5.28. The normalized spacial score (nSPS) is 12.1. The molecule has 118 valence electrons. The number of aromatic nitrogens is 2. The zero-order valence-electron chi connectivity index (χ0n) is 12.1. The van der Waals surface area contributed by atoms with Crippen molar-refractivity contribution in [2.75, 3.05) is 18.9 Å². The summed E-state index contributed by atoms with van der Waals surface area (Å²) in [6.07, 6.45) is 1.76. The molecule has 0 fully saturated rings. The predicted octanol–water partition coefficient (Wildman–Crippen LogP) is 2.74. The molecule has 0 saturated heterocycles. The highest BCUT2D eigenvalue weighted by Gasteiger charge is 2.14. The number of hydrogen-bond donors (Lipinski definition) is 2. The molecular formula is C14H17ClFN4S2+. The molecule has 1 atom stereocenters. The van der Waals surface area contributed by atoms with E-state index in [0.717, 1.165) is 10.0 Å². The molecule has 4 nitrogen and oxygen atoms in total. The molecule has 2 rings (SSSR count). The molecule has 1 aromatic carbocycles. The molecule has 8 heteroatoms. The molecule has 0 spiro atoms. The predicted molar refractivity (Wildman–Crippen MR) is 91.6 cm³/mol. The number of quaternary nitrogens is 1. The largest absolute Gasteiger partial charge is 0.357 e. The third-order valence-corrected chi connectivity index (χ3v) is 4.58. The van der Waals surface area contributed by atoms with Crippen molar-refractivity contribution in [2.24, 2.45) is 0 Å². The standard InChI is InChI=1S/C14H16ClFN4S2/c1-3-7-17-13-18-20(14(21)22-13)9-19(2)8-10-11(15)5-4-6-12(10)16/h3-6H,1,7-9H2,2H3,(H,17,18)/p+1. The van der Waals surface area contributed by atoms with Gasteiger partial charge in [0.1, 0.15) is 12.4 Å². The van der Waals surface area contributed by atoms with E-state index in [1.54, 1.807) is 22.9 Å². The molecular weight excluding hydrogens is 343 g/mol. The van der Waals surface area contributed by atoms with Crippen molar-refractivity contribution in [3.8, 4) is 0 Å². The summed E-state index contributed by atoms with van der Waals surface area (Å²) in [5, 5.41) is 8.70. The highest BCUT2D eigenvalue weighted by atomic mass is 35.5. The highest BCUT2D eigenvalue weighted by molar-refractivity contribution is 7.73. The fraction of sp³-hybridized carbons (Fsp3) is 0.286. The first-order valence-corrected chi connectivity index (χ1v) is 8.28. The molecule has 0 radical (unpaired) electrons. The van der Waals surface area contributed by atoms with Crippen LogP contribution in [0.25, 0.3) is 0 Å². The van der Waals surface area contributed by atoms with Gasteiger partial charge in [0.2, 0.25) is 5.13 Å². The molecule has 1 unspecified atom stereocenters. The minimum atomic E-state index is -0.290. The maximum atomic E-state index is 13.8. The topological polar surface area (TPSA) is 34.3 Å². The van der Waals surface area contributed by atoms with E-state index >= 15 is 0 Å². The second-order valence-corrected chi connectivity index (χ2v) is 6.86. The third-order valence-electron chi connectivity index (χ3n) is 2.96. The Bertz CT molecular complexity index is 693. The molecule has 2 N–H and O–H groups in total. The van der Waals surface area contributed by atoms with E-state index in [0.29, 0.717) is 34.3 Å². The molecule has 22 heavy (non-hydrogen) atoms. The third kappa shape index (κ3) is 4.36. The van der Waals surface area contributed by atoms with Crippen LogP contribution in [0, 0.1) is 9.77 Å². The van der Waals surface area contributed by atoms with Crippen LogP contribution >= 0.6 is 35.2 Å². The first-order chi connectivity index (χ1) is 10.5. The van der Waals surface area contributed by atoms with Crippen molar-refractivity contribution in [1.29, 1.82) is 0 Å². The first-order valence-electron chi connectivity index (χ1n) is 6.68. The number of nitrogens with one attached hydrogen (secondary N) is 2. The monoisotopic (exact) mass is 359 g/mol. The summed E-state index contributed by atoms with van der Waals surface area (Å²) >= 11 is 12.8. The van der Waals surface area contributed by atoms with Gasteiger partial charge in [-0.15, -0.1) is 11.7 Å². The Morgan fingerprint density at radius 1 is 1.59 bits per heavy atom. The van der Waals surface area contributed by atoms with Gasteiger partial charge >= 0.3 is 0 Å². The van der Waals surface area contributed by atoms with Crippen LogP contribution in [0.1, 0.15) is 5.56 Å². The van der Waals surface area contributed by atoms with Crippen LogP contribution in [-0.4, -0.2) is 23.4 Å². The molecule has 2 aromatic rings. The van der Waals surface area contributed by atoms with Crippen molar-refractivity contribution in [3.63, 3.8) is 0 Å². The first kappa shape index (κ1) is 17.1. The fourth-order valence-corrected chi connectivity index (χ4v) is 3.19. The summed E-state index contributed by atoms with van der Waals surface area (Å²) in [5.74, 6) is -0.290. The minimum Gasteiger partial charge on any atom is -0.357 e. The molecule has 0 saturated carbocycles. The Kier molecular flexibility index (Phi) is 6.07. The zero-order valence-corrected chi connectivity index (χ0v) is 14.5. The smallest absolute Gasteiger partial charge is 0.205 e. The average molecular weight is 360 g/mol. The van der Waals surface area contributed by atoms with Crippen molar-refractivity contribution in [2.45, 2.75) is 13.2 Å².